The summed E-state index contributed by atoms with van der Waals surface area (Å²) in [4.78, 5) is 14.8. The summed E-state index contributed by atoms with van der Waals surface area (Å²) in [6, 6.07) is 6.07. The fourth-order valence-corrected chi connectivity index (χ4v) is 3.08. The Labute approximate surface area is 118 Å². The van der Waals surface area contributed by atoms with Crippen molar-refractivity contribution in [1.29, 1.82) is 0 Å². The maximum absolute atomic E-state index is 11.4. The number of carboxylic acid groups (broad SMARTS) is 1. The van der Waals surface area contributed by atoms with Crippen LogP contribution in [-0.2, 0) is 0 Å². The minimum Gasteiger partial charge on any atom is -0.478 e. The summed E-state index contributed by atoms with van der Waals surface area (Å²) in [6.07, 6.45) is 2.18. The Morgan fingerprint density at radius 1 is 1.15 bits per heavy atom. The van der Waals surface area contributed by atoms with E-state index in [-0.39, 0.29) is 0 Å². The molecule has 1 fully saturated rings. The number of hydrogen-bond donors (Lipinski definition) is 2. The Morgan fingerprint density at radius 2 is 1.75 bits per heavy atom. The van der Waals surface area contributed by atoms with Crippen molar-refractivity contribution >= 4 is 5.97 Å². The SMILES string of the molecule is Cc1cc(C)c(-c2cc(C(=O)O)c(C3CC3)[nH]2)c(C)c1. The lowest BCUT2D eigenvalue weighted by molar-refractivity contribution is 0.0696. The molecule has 0 bridgehead atoms. The standard InChI is InChI=1S/C17H19NO2/c1-9-6-10(2)15(11(3)7-9)14-8-13(17(19)20)16(18-14)12-4-5-12/h6-8,12,18H,4-5H2,1-3H3,(H,19,20). The minimum absolute atomic E-state index is 0.404. The van der Waals surface area contributed by atoms with Gasteiger partial charge in [-0.2, -0.15) is 0 Å². The third kappa shape index (κ3) is 2.13. The van der Waals surface area contributed by atoms with Crippen LogP contribution >= 0.6 is 0 Å². The molecule has 1 aromatic carbocycles. The first-order chi connectivity index (χ1) is 9.47. The molecule has 0 atom stereocenters. The molecule has 1 saturated carbocycles. The predicted octanol–water partition coefficient (Wildman–Crippen LogP) is 4.18. The largest absolute Gasteiger partial charge is 0.478 e. The molecule has 2 aromatic rings. The molecular weight excluding hydrogens is 250 g/mol. The highest BCUT2D eigenvalue weighted by Gasteiger charge is 2.30. The smallest absolute Gasteiger partial charge is 0.337 e. The molecule has 1 aliphatic rings. The Morgan fingerprint density at radius 3 is 2.25 bits per heavy atom. The molecule has 0 spiro atoms. The van der Waals surface area contributed by atoms with Crippen LogP contribution in [-0.4, -0.2) is 16.1 Å². The van der Waals surface area contributed by atoms with Crippen LogP contribution in [0.3, 0.4) is 0 Å². The zero-order chi connectivity index (χ0) is 14.4. The molecule has 3 rings (SSSR count). The van der Waals surface area contributed by atoms with Crippen LogP contribution in [0.5, 0.6) is 0 Å². The third-order valence-electron chi connectivity index (χ3n) is 4.01. The zero-order valence-corrected chi connectivity index (χ0v) is 12.1. The summed E-state index contributed by atoms with van der Waals surface area (Å²) < 4.78 is 0. The molecule has 0 amide bonds. The van der Waals surface area contributed by atoms with Crippen LogP contribution < -0.4 is 0 Å². The molecule has 0 saturated heterocycles. The van der Waals surface area contributed by atoms with Gasteiger partial charge in [-0.25, -0.2) is 4.79 Å². The summed E-state index contributed by atoms with van der Waals surface area (Å²) >= 11 is 0. The molecule has 0 unspecified atom stereocenters. The number of H-pyrrole nitrogens is 1. The van der Waals surface area contributed by atoms with Gasteiger partial charge in [0.15, 0.2) is 0 Å². The fraction of sp³-hybridized carbons (Fsp3) is 0.353. The van der Waals surface area contributed by atoms with Gasteiger partial charge in [0.2, 0.25) is 0 Å². The average molecular weight is 269 g/mol. The normalized spacial score (nSPS) is 14.6. The monoisotopic (exact) mass is 269 g/mol. The van der Waals surface area contributed by atoms with Gasteiger partial charge in [-0.1, -0.05) is 17.7 Å². The number of carbonyl (C=O) groups is 1. The number of carboxylic acids is 1. The lowest BCUT2D eigenvalue weighted by Crippen LogP contribution is -1.98. The van der Waals surface area contributed by atoms with Gasteiger partial charge < -0.3 is 10.1 Å². The third-order valence-corrected chi connectivity index (χ3v) is 4.01. The number of benzene rings is 1. The Balaban J connectivity index is 2.16. The van der Waals surface area contributed by atoms with E-state index in [1.807, 2.05) is 0 Å². The topological polar surface area (TPSA) is 53.1 Å². The summed E-state index contributed by atoms with van der Waals surface area (Å²) in [6.45, 7) is 6.23. The van der Waals surface area contributed by atoms with Crippen molar-refractivity contribution in [3.63, 3.8) is 0 Å². The van der Waals surface area contributed by atoms with Gasteiger partial charge in [0.25, 0.3) is 0 Å². The Bertz CT molecular complexity index is 670. The number of aryl methyl sites for hydroxylation is 3. The van der Waals surface area contributed by atoms with E-state index in [9.17, 15) is 9.90 Å². The van der Waals surface area contributed by atoms with E-state index in [1.165, 1.54) is 16.7 Å². The maximum Gasteiger partial charge on any atom is 0.337 e. The number of aromatic amines is 1. The number of aromatic nitrogens is 1. The molecule has 0 aliphatic heterocycles. The van der Waals surface area contributed by atoms with E-state index in [0.717, 1.165) is 29.8 Å². The van der Waals surface area contributed by atoms with Gasteiger partial charge in [0, 0.05) is 17.0 Å². The van der Waals surface area contributed by atoms with Crippen LogP contribution in [0.15, 0.2) is 18.2 Å². The summed E-state index contributed by atoms with van der Waals surface area (Å²) in [5.74, 6) is -0.433. The highest BCUT2D eigenvalue weighted by molar-refractivity contribution is 5.91. The molecule has 3 nitrogen and oxygen atoms in total. The highest BCUT2D eigenvalue weighted by Crippen LogP contribution is 2.43. The molecule has 0 radical (unpaired) electrons. The summed E-state index contributed by atoms with van der Waals surface area (Å²) in [5, 5.41) is 9.37. The van der Waals surface area contributed by atoms with Crippen molar-refractivity contribution in [3.05, 3.63) is 46.1 Å². The molecule has 1 aromatic heterocycles. The molecule has 1 aliphatic carbocycles. The van der Waals surface area contributed by atoms with Gasteiger partial charge in [-0.15, -0.1) is 0 Å². The van der Waals surface area contributed by atoms with Crippen LogP contribution in [0.1, 0.15) is 51.5 Å². The van der Waals surface area contributed by atoms with E-state index in [0.29, 0.717) is 11.5 Å². The molecule has 104 valence electrons. The number of rotatable bonds is 3. The molecule has 3 heteroatoms. The number of nitrogens with one attached hydrogen (secondary N) is 1. The van der Waals surface area contributed by atoms with Crippen LogP contribution in [0.25, 0.3) is 11.3 Å². The lowest BCUT2D eigenvalue weighted by Gasteiger charge is -2.09. The van der Waals surface area contributed by atoms with Gasteiger partial charge in [0.1, 0.15) is 0 Å². The minimum atomic E-state index is -0.836. The van der Waals surface area contributed by atoms with E-state index < -0.39 is 5.97 Å². The van der Waals surface area contributed by atoms with Crippen molar-refractivity contribution in [2.75, 3.05) is 0 Å². The van der Waals surface area contributed by atoms with Crippen molar-refractivity contribution in [2.24, 2.45) is 0 Å². The number of hydrogen-bond acceptors (Lipinski definition) is 1. The second-order valence-electron chi connectivity index (χ2n) is 5.86. The molecule has 1 heterocycles. The van der Waals surface area contributed by atoms with Crippen LogP contribution in [0.2, 0.25) is 0 Å². The molecular formula is C17H19NO2. The quantitative estimate of drug-likeness (QED) is 0.878. The summed E-state index contributed by atoms with van der Waals surface area (Å²) in [5.41, 5.74) is 6.99. The zero-order valence-electron chi connectivity index (χ0n) is 12.1. The molecule has 20 heavy (non-hydrogen) atoms. The average Bonchev–Trinajstić information content (AvgIpc) is 3.08. The maximum atomic E-state index is 11.4. The predicted molar refractivity (Wildman–Crippen MR) is 79.4 cm³/mol. The number of aromatic carboxylic acids is 1. The first kappa shape index (κ1) is 13.0. The van der Waals surface area contributed by atoms with E-state index in [1.54, 1.807) is 6.07 Å². The van der Waals surface area contributed by atoms with E-state index >= 15 is 0 Å². The second kappa shape index (κ2) is 4.51. The van der Waals surface area contributed by atoms with Gasteiger partial charge >= 0.3 is 5.97 Å². The highest BCUT2D eigenvalue weighted by atomic mass is 16.4. The molecule has 2 N–H and O–H groups in total. The van der Waals surface area contributed by atoms with Crippen LogP contribution in [0.4, 0.5) is 0 Å². The Kier molecular flexibility index (Phi) is 2.93. The first-order valence-corrected chi connectivity index (χ1v) is 7.01. The van der Waals surface area contributed by atoms with Crippen molar-refractivity contribution < 1.29 is 9.90 Å². The van der Waals surface area contributed by atoms with E-state index in [2.05, 4.69) is 37.9 Å². The first-order valence-electron chi connectivity index (χ1n) is 7.01. The Hall–Kier alpha value is -2.03. The van der Waals surface area contributed by atoms with Crippen molar-refractivity contribution in [3.8, 4) is 11.3 Å². The van der Waals surface area contributed by atoms with Gasteiger partial charge in [0.05, 0.1) is 5.56 Å². The van der Waals surface area contributed by atoms with Gasteiger partial charge in [-0.05, 0) is 56.7 Å². The lowest BCUT2D eigenvalue weighted by atomic mass is 9.97. The van der Waals surface area contributed by atoms with E-state index in [4.69, 9.17) is 0 Å². The summed E-state index contributed by atoms with van der Waals surface area (Å²) in [7, 11) is 0. The second-order valence-corrected chi connectivity index (χ2v) is 5.86. The van der Waals surface area contributed by atoms with Crippen molar-refractivity contribution in [2.45, 2.75) is 39.5 Å². The van der Waals surface area contributed by atoms with Crippen LogP contribution in [0, 0.1) is 20.8 Å². The van der Waals surface area contributed by atoms with Crippen molar-refractivity contribution in [1.82, 2.24) is 4.98 Å². The fourth-order valence-electron chi connectivity index (χ4n) is 3.08. The van der Waals surface area contributed by atoms with Gasteiger partial charge in [-0.3, -0.25) is 0 Å².